The molecule has 0 saturated carbocycles. The van der Waals surface area contributed by atoms with Crippen molar-refractivity contribution in [3.8, 4) is 28.4 Å². The number of H-pyrrole nitrogens is 1. The van der Waals surface area contributed by atoms with E-state index in [1.54, 1.807) is 7.11 Å². The molecule has 0 bridgehead atoms. The summed E-state index contributed by atoms with van der Waals surface area (Å²) < 4.78 is 7.34. The van der Waals surface area contributed by atoms with Gasteiger partial charge in [0.15, 0.2) is 5.82 Å². The predicted molar refractivity (Wildman–Crippen MR) is 100 cm³/mol. The molecule has 27 heavy (non-hydrogen) atoms. The number of nitrogens with one attached hydrogen (secondary N) is 1. The first-order chi connectivity index (χ1) is 13.2. The monoisotopic (exact) mass is 361 g/mol. The summed E-state index contributed by atoms with van der Waals surface area (Å²) in [6, 6.07) is 13.9. The molecule has 0 saturated heterocycles. The summed E-state index contributed by atoms with van der Waals surface area (Å²) in [6.45, 7) is 2.66. The van der Waals surface area contributed by atoms with Crippen LogP contribution in [0.25, 0.3) is 22.6 Å². The number of imidazole rings is 1. The predicted octanol–water partition coefficient (Wildman–Crippen LogP) is 2.68. The summed E-state index contributed by atoms with van der Waals surface area (Å²) in [5, 5.41) is 14.1. The first-order valence-corrected chi connectivity index (χ1v) is 8.60. The molecule has 0 fully saturated rings. The maximum absolute atomic E-state index is 5.26. The van der Waals surface area contributed by atoms with Gasteiger partial charge in [-0.05, 0) is 43.3 Å². The number of nitrogens with zero attached hydrogens (tertiary/aromatic N) is 6. The first-order valence-electron chi connectivity index (χ1n) is 8.60. The van der Waals surface area contributed by atoms with Crippen molar-refractivity contribution in [2.24, 2.45) is 0 Å². The Hall–Kier alpha value is -3.55. The van der Waals surface area contributed by atoms with Gasteiger partial charge in [-0.1, -0.05) is 11.3 Å². The Morgan fingerprint density at radius 1 is 1.11 bits per heavy atom. The Morgan fingerprint density at radius 3 is 2.67 bits per heavy atom. The number of ether oxygens (including phenoxy) is 1. The fourth-order valence-corrected chi connectivity index (χ4v) is 2.96. The number of aromatic amines is 1. The summed E-state index contributed by atoms with van der Waals surface area (Å²) in [5.74, 6) is 1.48. The van der Waals surface area contributed by atoms with E-state index >= 15 is 0 Å². The molecule has 1 N–H and O–H groups in total. The largest absolute Gasteiger partial charge is 0.497 e. The second-order valence-electron chi connectivity index (χ2n) is 6.11. The lowest BCUT2D eigenvalue weighted by atomic mass is 10.1. The molecular weight excluding hydrogens is 342 g/mol. The van der Waals surface area contributed by atoms with Crippen molar-refractivity contribution >= 4 is 0 Å². The normalized spacial score (nSPS) is 10.9. The lowest BCUT2D eigenvalue weighted by Gasteiger charge is -2.10. The lowest BCUT2D eigenvalue weighted by molar-refractivity contribution is 0.415. The van der Waals surface area contributed by atoms with Crippen LogP contribution in [0.1, 0.15) is 11.5 Å². The van der Waals surface area contributed by atoms with E-state index in [1.807, 2.05) is 55.7 Å². The summed E-state index contributed by atoms with van der Waals surface area (Å²) >= 11 is 0. The summed E-state index contributed by atoms with van der Waals surface area (Å²) in [6.07, 6.45) is 2.48. The number of methoxy groups -OCH3 is 1. The number of aryl methyl sites for hydroxylation is 3. The van der Waals surface area contributed by atoms with Gasteiger partial charge in [0.1, 0.15) is 5.75 Å². The second kappa shape index (κ2) is 7.36. The van der Waals surface area contributed by atoms with E-state index in [-0.39, 0.29) is 0 Å². The van der Waals surface area contributed by atoms with Crippen LogP contribution < -0.4 is 4.74 Å². The molecule has 4 rings (SSSR count). The van der Waals surface area contributed by atoms with E-state index in [4.69, 9.17) is 9.72 Å². The molecule has 0 atom stereocenters. The van der Waals surface area contributed by atoms with Crippen LogP contribution in [0.2, 0.25) is 0 Å². The van der Waals surface area contributed by atoms with E-state index in [0.29, 0.717) is 18.8 Å². The van der Waals surface area contributed by atoms with Crippen molar-refractivity contribution in [2.75, 3.05) is 7.11 Å². The molecule has 136 valence electrons. The minimum atomic E-state index is 0.647. The van der Waals surface area contributed by atoms with Crippen molar-refractivity contribution in [2.45, 2.75) is 19.9 Å². The van der Waals surface area contributed by atoms with Crippen LogP contribution in [0.4, 0.5) is 0 Å². The van der Waals surface area contributed by atoms with E-state index in [2.05, 4.69) is 30.2 Å². The molecule has 0 aliphatic heterocycles. The van der Waals surface area contributed by atoms with Gasteiger partial charge in [0, 0.05) is 24.2 Å². The number of rotatable bonds is 6. The van der Waals surface area contributed by atoms with Gasteiger partial charge < -0.3 is 9.30 Å². The molecule has 3 heterocycles. The van der Waals surface area contributed by atoms with Gasteiger partial charge in [-0.2, -0.15) is 5.21 Å². The van der Waals surface area contributed by atoms with Crippen molar-refractivity contribution < 1.29 is 4.74 Å². The minimum absolute atomic E-state index is 0.647. The van der Waals surface area contributed by atoms with Crippen LogP contribution in [0.5, 0.6) is 5.75 Å². The first kappa shape index (κ1) is 16.9. The maximum Gasteiger partial charge on any atom is 0.176 e. The third kappa shape index (κ3) is 3.55. The average molecular weight is 361 g/mol. The fraction of sp³-hybridized carbons (Fsp3) is 0.211. The Bertz CT molecular complexity index is 1020. The van der Waals surface area contributed by atoms with Crippen molar-refractivity contribution in [3.63, 3.8) is 0 Å². The van der Waals surface area contributed by atoms with E-state index in [9.17, 15) is 0 Å². The van der Waals surface area contributed by atoms with Crippen LogP contribution in [0.3, 0.4) is 0 Å². The minimum Gasteiger partial charge on any atom is -0.497 e. The van der Waals surface area contributed by atoms with Crippen LogP contribution in [0, 0.1) is 6.92 Å². The molecule has 8 heteroatoms. The topological polar surface area (TPSA) is 94.4 Å². The van der Waals surface area contributed by atoms with Gasteiger partial charge in [-0.25, -0.2) is 4.98 Å². The lowest BCUT2D eigenvalue weighted by Crippen LogP contribution is -2.05. The average Bonchev–Trinajstić information content (AvgIpc) is 3.36. The van der Waals surface area contributed by atoms with Crippen molar-refractivity contribution in [1.82, 2.24) is 35.2 Å². The van der Waals surface area contributed by atoms with Crippen molar-refractivity contribution in [1.29, 1.82) is 0 Å². The van der Waals surface area contributed by atoms with Gasteiger partial charge >= 0.3 is 0 Å². The Balaban J connectivity index is 1.76. The van der Waals surface area contributed by atoms with Gasteiger partial charge in [0.25, 0.3) is 0 Å². The Kier molecular flexibility index (Phi) is 4.61. The van der Waals surface area contributed by atoms with Gasteiger partial charge in [-0.15, -0.1) is 10.2 Å². The molecule has 3 aromatic heterocycles. The molecule has 8 nitrogen and oxygen atoms in total. The third-order valence-electron chi connectivity index (χ3n) is 4.30. The number of pyridine rings is 1. The zero-order valence-electron chi connectivity index (χ0n) is 15.1. The number of tetrazole rings is 1. The van der Waals surface area contributed by atoms with Crippen molar-refractivity contribution in [3.05, 3.63) is 60.3 Å². The fourth-order valence-electron chi connectivity index (χ4n) is 2.96. The van der Waals surface area contributed by atoms with Gasteiger partial charge in [-0.3, -0.25) is 4.98 Å². The molecule has 0 unspecified atom stereocenters. The van der Waals surface area contributed by atoms with E-state index in [0.717, 1.165) is 34.1 Å². The van der Waals surface area contributed by atoms with E-state index < -0.39 is 0 Å². The molecule has 0 spiro atoms. The van der Waals surface area contributed by atoms with Crippen LogP contribution >= 0.6 is 0 Å². The third-order valence-corrected chi connectivity index (χ3v) is 4.30. The molecule has 0 amide bonds. The Labute approximate surface area is 156 Å². The molecular formula is C19H19N7O. The molecule has 0 aliphatic carbocycles. The molecule has 0 radical (unpaired) electrons. The maximum atomic E-state index is 5.26. The van der Waals surface area contributed by atoms with Gasteiger partial charge in [0.05, 0.1) is 30.5 Å². The highest BCUT2D eigenvalue weighted by Gasteiger charge is 2.17. The molecule has 4 aromatic rings. The highest BCUT2D eigenvalue weighted by atomic mass is 16.5. The van der Waals surface area contributed by atoms with Crippen LogP contribution in [-0.4, -0.2) is 42.3 Å². The highest BCUT2D eigenvalue weighted by Crippen LogP contribution is 2.31. The second-order valence-corrected chi connectivity index (χ2v) is 6.11. The summed E-state index contributed by atoms with van der Waals surface area (Å²) in [5.41, 5.74) is 4.69. The van der Waals surface area contributed by atoms with Crippen LogP contribution in [-0.2, 0) is 13.0 Å². The summed E-state index contributed by atoms with van der Waals surface area (Å²) in [4.78, 5) is 9.37. The zero-order chi connectivity index (χ0) is 18.6. The standard InChI is InChI=1S/C19H19N7O/c1-13-4-3-5-16(21-13)19-18(14-6-8-15(27-2)9-7-14)20-12-26(19)11-10-17-22-24-25-23-17/h3-9,12H,10-11H2,1-2H3,(H,22,23,24,25). The van der Waals surface area contributed by atoms with Gasteiger partial charge in [0.2, 0.25) is 0 Å². The highest BCUT2D eigenvalue weighted by molar-refractivity contribution is 5.77. The number of hydrogen-bond acceptors (Lipinski definition) is 6. The zero-order valence-corrected chi connectivity index (χ0v) is 15.1. The number of aromatic nitrogens is 7. The number of hydrogen-bond donors (Lipinski definition) is 1. The van der Waals surface area contributed by atoms with E-state index in [1.165, 1.54) is 0 Å². The quantitative estimate of drug-likeness (QED) is 0.567. The molecule has 0 aliphatic rings. The van der Waals surface area contributed by atoms with Crippen LogP contribution in [0.15, 0.2) is 48.8 Å². The number of benzene rings is 1. The Morgan fingerprint density at radius 2 is 1.96 bits per heavy atom. The SMILES string of the molecule is COc1ccc(-c2ncn(CCc3nn[nH]n3)c2-c2cccc(C)n2)cc1. The smallest absolute Gasteiger partial charge is 0.176 e. The molecule has 1 aromatic carbocycles. The summed E-state index contributed by atoms with van der Waals surface area (Å²) in [7, 11) is 1.66.